The molecular weight excluding hydrogens is 426 g/mol. The Morgan fingerprint density at radius 2 is 1.80 bits per heavy atom. The third kappa shape index (κ3) is 5.49. The van der Waals surface area contributed by atoms with Crippen LogP contribution in [0.3, 0.4) is 0 Å². The number of aryl methyl sites for hydroxylation is 1. The second-order valence-corrected chi connectivity index (χ2v) is 9.59. The number of carbonyl (C=O) groups is 1. The summed E-state index contributed by atoms with van der Waals surface area (Å²) >= 11 is 1.23. The van der Waals surface area contributed by atoms with Gasteiger partial charge in [0.05, 0.1) is 21.3 Å². The van der Waals surface area contributed by atoms with Crippen LogP contribution in [0.5, 0.6) is 0 Å². The molecule has 0 aliphatic carbocycles. The molecule has 0 atom stereocenters. The Balaban J connectivity index is 1.53. The van der Waals surface area contributed by atoms with Crippen molar-refractivity contribution in [3.05, 3.63) is 69.6 Å². The smallest absolute Gasteiger partial charge is 0.269 e. The van der Waals surface area contributed by atoms with Gasteiger partial charge in [0.25, 0.3) is 5.69 Å². The van der Waals surface area contributed by atoms with Crippen molar-refractivity contribution in [3.8, 4) is 11.3 Å². The maximum Gasteiger partial charge on any atom is 0.269 e. The molecule has 10 heteroatoms. The molecule has 0 bridgehead atoms. The van der Waals surface area contributed by atoms with E-state index < -0.39 is 14.8 Å². The maximum atomic E-state index is 12.3. The molecule has 0 fully saturated rings. The van der Waals surface area contributed by atoms with E-state index in [1.807, 2.05) is 6.92 Å². The summed E-state index contributed by atoms with van der Waals surface area (Å²) in [7, 11) is -3.43. The monoisotopic (exact) mass is 445 g/mol. The molecule has 0 saturated carbocycles. The standard InChI is InChI=1S/C20H19N3O5S2/c1-14-4-10-17(11-5-14)30(27,28)12-2-3-19(24)22-20-21-18(13-29-20)15-6-8-16(9-7-15)23(25)26/h4-11,13H,2-3,12H2,1H3,(H,21,22,24). The number of hydrogen-bond acceptors (Lipinski definition) is 7. The number of rotatable bonds is 8. The van der Waals surface area contributed by atoms with Gasteiger partial charge < -0.3 is 5.32 Å². The lowest BCUT2D eigenvalue weighted by Crippen LogP contribution is -2.14. The summed E-state index contributed by atoms with van der Waals surface area (Å²) in [6.45, 7) is 1.88. The molecule has 3 rings (SSSR count). The van der Waals surface area contributed by atoms with Crippen LogP contribution in [-0.4, -0.2) is 30.0 Å². The Hall–Kier alpha value is -3.11. The Morgan fingerprint density at radius 1 is 1.13 bits per heavy atom. The number of amides is 1. The molecular formula is C20H19N3O5S2. The van der Waals surface area contributed by atoms with E-state index in [0.717, 1.165) is 5.56 Å². The molecule has 3 aromatic rings. The summed E-state index contributed by atoms with van der Waals surface area (Å²) in [6.07, 6.45) is 0.250. The van der Waals surface area contributed by atoms with Crippen molar-refractivity contribution < 1.29 is 18.1 Å². The minimum atomic E-state index is -3.43. The summed E-state index contributed by atoms with van der Waals surface area (Å²) in [5.74, 6) is -0.436. The highest BCUT2D eigenvalue weighted by molar-refractivity contribution is 7.91. The maximum absolute atomic E-state index is 12.3. The van der Waals surface area contributed by atoms with Crippen molar-refractivity contribution >= 4 is 37.9 Å². The lowest BCUT2D eigenvalue weighted by molar-refractivity contribution is -0.384. The van der Waals surface area contributed by atoms with Crippen LogP contribution >= 0.6 is 11.3 Å². The predicted octanol–water partition coefficient (Wildman–Crippen LogP) is 4.22. The molecule has 0 aliphatic heterocycles. The van der Waals surface area contributed by atoms with Crippen molar-refractivity contribution in [2.24, 2.45) is 0 Å². The van der Waals surface area contributed by atoms with Crippen LogP contribution in [0.4, 0.5) is 10.8 Å². The molecule has 0 aliphatic rings. The highest BCUT2D eigenvalue weighted by Gasteiger charge is 2.15. The lowest BCUT2D eigenvalue weighted by Gasteiger charge is -2.05. The van der Waals surface area contributed by atoms with Gasteiger partial charge in [-0.05, 0) is 37.6 Å². The van der Waals surface area contributed by atoms with Crippen molar-refractivity contribution in [1.29, 1.82) is 0 Å². The molecule has 0 spiro atoms. The quantitative estimate of drug-likeness (QED) is 0.409. The molecule has 0 saturated heterocycles. The number of nitro benzene ring substituents is 1. The zero-order valence-corrected chi connectivity index (χ0v) is 17.7. The number of aromatic nitrogens is 1. The van der Waals surface area contributed by atoms with Crippen LogP contribution < -0.4 is 5.32 Å². The second kappa shape index (κ2) is 9.14. The Kier molecular flexibility index (Phi) is 6.58. The van der Waals surface area contributed by atoms with E-state index in [4.69, 9.17) is 0 Å². The third-order valence-corrected chi connectivity index (χ3v) is 6.90. The predicted molar refractivity (Wildman–Crippen MR) is 115 cm³/mol. The van der Waals surface area contributed by atoms with E-state index in [0.29, 0.717) is 16.4 Å². The molecule has 1 N–H and O–H groups in total. The fourth-order valence-corrected chi connectivity index (χ4v) is 4.73. The highest BCUT2D eigenvalue weighted by atomic mass is 32.2. The van der Waals surface area contributed by atoms with Gasteiger partial charge in [0.2, 0.25) is 5.91 Å². The number of carbonyl (C=O) groups excluding carboxylic acids is 1. The average molecular weight is 446 g/mol. The van der Waals surface area contributed by atoms with Crippen LogP contribution in [0, 0.1) is 17.0 Å². The minimum Gasteiger partial charge on any atom is -0.302 e. The summed E-state index contributed by atoms with van der Waals surface area (Å²) in [4.78, 5) is 26.9. The third-order valence-electron chi connectivity index (χ3n) is 4.32. The normalized spacial score (nSPS) is 11.2. The fourth-order valence-electron chi connectivity index (χ4n) is 2.69. The number of nitro groups is 1. The second-order valence-electron chi connectivity index (χ2n) is 6.63. The van der Waals surface area contributed by atoms with Crippen LogP contribution in [0.1, 0.15) is 18.4 Å². The van der Waals surface area contributed by atoms with Gasteiger partial charge in [0.15, 0.2) is 15.0 Å². The molecule has 156 valence electrons. The number of anilines is 1. The first-order valence-electron chi connectivity index (χ1n) is 9.04. The number of sulfone groups is 1. The molecule has 2 aromatic carbocycles. The van der Waals surface area contributed by atoms with Gasteiger partial charge in [-0.2, -0.15) is 0 Å². The summed E-state index contributed by atoms with van der Waals surface area (Å²) in [5.41, 5.74) is 2.25. The van der Waals surface area contributed by atoms with E-state index in [9.17, 15) is 23.3 Å². The van der Waals surface area contributed by atoms with E-state index in [1.54, 1.807) is 41.8 Å². The first-order valence-corrected chi connectivity index (χ1v) is 11.6. The van der Waals surface area contributed by atoms with Crippen molar-refractivity contribution in [2.75, 3.05) is 11.1 Å². The van der Waals surface area contributed by atoms with Gasteiger partial charge in [-0.1, -0.05) is 17.7 Å². The van der Waals surface area contributed by atoms with Crippen LogP contribution in [0.2, 0.25) is 0 Å². The molecule has 1 aromatic heterocycles. The SMILES string of the molecule is Cc1ccc(S(=O)(=O)CCCC(=O)Nc2nc(-c3ccc([N+](=O)[O-])cc3)cs2)cc1. The number of non-ortho nitro benzene ring substituents is 1. The Labute approximate surface area is 177 Å². The fraction of sp³-hybridized carbons (Fsp3) is 0.200. The number of benzene rings is 2. The topological polar surface area (TPSA) is 119 Å². The number of thiazole rings is 1. The van der Waals surface area contributed by atoms with Gasteiger partial charge in [-0.3, -0.25) is 14.9 Å². The number of nitrogens with one attached hydrogen (secondary N) is 1. The van der Waals surface area contributed by atoms with Crippen molar-refractivity contribution in [3.63, 3.8) is 0 Å². The molecule has 0 unspecified atom stereocenters. The first-order chi connectivity index (χ1) is 14.2. The Bertz CT molecular complexity index is 1150. The lowest BCUT2D eigenvalue weighted by atomic mass is 10.1. The average Bonchev–Trinajstić information content (AvgIpc) is 3.16. The van der Waals surface area contributed by atoms with E-state index in [2.05, 4.69) is 10.3 Å². The summed E-state index contributed by atoms with van der Waals surface area (Å²) < 4.78 is 24.7. The van der Waals surface area contributed by atoms with E-state index in [1.165, 1.54) is 23.5 Å². The van der Waals surface area contributed by atoms with Crippen LogP contribution in [0.15, 0.2) is 58.8 Å². The molecule has 8 nitrogen and oxygen atoms in total. The molecule has 30 heavy (non-hydrogen) atoms. The first kappa shape index (κ1) is 21.6. The van der Waals surface area contributed by atoms with Gasteiger partial charge in [-0.15, -0.1) is 11.3 Å². The van der Waals surface area contributed by atoms with Gasteiger partial charge >= 0.3 is 0 Å². The molecule has 1 heterocycles. The Morgan fingerprint density at radius 3 is 2.43 bits per heavy atom. The van der Waals surface area contributed by atoms with Crippen molar-refractivity contribution in [1.82, 2.24) is 4.98 Å². The molecule has 1 amide bonds. The zero-order chi connectivity index (χ0) is 21.7. The van der Waals surface area contributed by atoms with Gasteiger partial charge in [-0.25, -0.2) is 13.4 Å². The van der Waals surface area contributed by atoms with Gasteiger partial charge in [0.1, 0.15) is 0 Å². The minimum absolute atomic E-state index is 0.0110. The van der Waals surface area contributed by atoms with E-state index >= 15 is 0 Å². The number of hydrogen-bond donors (Lipinski definition) is 1. The molecule has 0 radical (unpaired) electrons. The van der Waals surface area contributed by atoms with E-state index in [-0.39, 0.29) is 35.1 Å². The summed E-state index contributed by atoms with van der Waals surface area (Å²) in [6, 6.07) is 12.6. The number of nitrogens with zero attached hydrogens (tertiary/aromatic N) is 2. The van der Waals surface area contributed by atoms with Crippen LogP contribution in [-0.2, 0) is 14.6 Å². The van der Waals surface area contributed by atoms with Gasteiger partial charge in [0, 0.05) is 29.5 Å². The largest absolute Gasteiger partial charge is 0.302 e. The summed E-state index contributed by atoms with van der Waals surface area (Å²) in [5, 5.41) is 15.5. The van der Waals surface area contributed by atoms with Crippen LogP contribution in [0.25, 0.3) is 11.3 Å². The van der Waals surface area contributed by atoms with Crippen molar-refractivity contribution in [2.45, 2.75) is 24.7 Å². The highest BCUT2D eigenvalue weighted by Crippen LogP contribution is 2.26. The zero-order valence-electron chi connectivity index (χ0n) is 16.1.